The van der Waals surface area contributed by atoms with Crippen LogP contribution in [0.3, 0.4) is 0 Å². The van der Waals surface area contributed by atoms with Gasteiger partial charge in [-0.15, -0.1) is 0 Å². The zero-order chi connectivity index (χ0) is 12.1. The van der Waals surface area contributed by atoms with E-state index in [2.05, 4.69) is 13.8 Å². The van der Waals surface area contributed by atoms with Gasteiger partial charge in [0, 0.05) is 11.1 Å². The fourth-order valence-corrected chi connectivity index (χ4v) is 2.02. The molecule has 0 aliphatic carbocycles. The summed E-state index contributed by atoms with van der Waals surface area (Å²) in [7, 11) is 0. The SMILES string of the molecule is CCCC(C)C(N)Cc1cc(F)ccc1Cl. The highest BCUT2D eigenvalue weighted by atomic mass is 35.5. The molecule has 0 heterocycles. The van der Waals surface area contributed by atoms with E-state index in [1.165, 1.54) is 12.1 Å². The third kappa shape index (κ3) is 3.76. The molecular weight excluding hydrogens is 225 g/mol. The van der Waals surface area contributed by atoms with Crippen LogP contribution in [0.1, 0.15) is 32.3 Å². The molecular formula is C13H19ClFN. The van der Waals surface area contributed by atoms with Crippen LogP contribution in [-0.4, -0.2) is 6.04 Å². The van der Waals surface area contributed by atoms with Crippen molar-refractivity contribution in [3.63, 3.8) is 0 Å². The van der Waals surface area contributed by atoms with Gasteiger partial charge in [0.25, 0.3) is 0 Å². The van der Waals surface area contributed by atoms with Gasteiger partial charge in [-0.3, -0.25) is 0 Å². The molecule has 0 spiro atoms. The molecule has 2 unspecified atom stereocenters. The van der Waals surface area contributed by atoms with Gasteiger partial charge in [-0.2, -0.15) is 0 Å². The summed E-state index contributed by atoms with van der Waals surface area (Å²) in [6, 6.07) is 4.47. The van der Waals surface area contributed by atoms with Crippen LogP contribution < -0.4 is 5.73 Å². The van der Waals surface area contributed by atoms with Gasteiger partial charge in [-0.05, 0) is 42.5 Å². The summed E-state index contributed by atoms with van der Waals surface area (Å²) >= 11 is 6.00. The molecule has 3 heteroatoms. The van der Waals surface area contributed by atoms with E-state index in [4.69, 9.17) is 17.3 Å². The molecule has 90 valence electrons. The van der Waals surface area contributed by atoms with Gasteiger partial charge in [-0.25, -0.2) is 4.39 Å². The second kappa shape index (κ2) is 6.21. The highest BCUT2D eigenvalue weighted by Crippen LogP contribution is 2.21. The van der Waals surface area contributed by atoms with Gasteiger partial charge in [0.2, 0.25) is 0 Å². The van der Waals surface area contributed by atoms with Crippen molar-refractivity contribution in [3.05, 3.63) is 34.6 Å². The maximum atomic E-state index is 13.0. The third-order valence-corrected chi connectivity index (χ3v) is 3.31. The van der Waals surface area contributed by atoms with E-state index >= 15 is 0 Å². The van der Waals surface area contributed by atoms with Gasteiger partial charge >= 0.3 is 0 Å². The van der Waals surface area contributed by atoms with E-state index in [9.17, 15) is 4.39 Å². The molecule has 0 radical (unpaired) electrons. The van der Waals surface area contributed by atoms with Crippen molar-refractivity contribution < 1.29 is 4.39 Å². The Kier molecular flexibility index (Phi) is 5.23. The third-order valence-electron chi connectivity index (χ3n) is 2.94. The second-order valence-corrected chi connectivity index (χ2v) is 4.78. The zero-order valence-corrected chi connectivity index (χ0v) is 10.6. The molecule has 0 saturated heterocycles. The first-order chi connectivity index (χ1) is 7.54. The highest BCUT2D eigenvalue weighted by Gasteiger charge is 2.14. The summed E-state index contributed by atoms with van der Waals surface area (Å²) in [5.41, 5.74) is 6.88. The minimum absolute atomic E-state index is 0.0410. The molecule has 0 bridgehead atoms. The summed E-state index contributed by atoms with van der Waals surface area (Å²) in [5, 5.41) is 0.598. The lowest BCUT2D eigenvalue weighted by atomic mass is 9.92. The smallest absolute Gasteiger partial charge is 0.123 e. The summed E-state index contributed by atoms with van der Waals surface area (Å²) in [6.07, 6.45) is 2.84. The quantitative estimate of drug-likeness (QED) is 0.837. The first kappa shape index (κ1) is 13.5. The van der Waals surface area contributed by atoms with Crippen molar-refractivity contribution in [2.24, 2.45) is 11.7 Å². The molecule has 1 nitrogen and oxygen atoms in total. The van der Waals surface area contributed by atoms with Crippen molar-refractivity contribution in [2.75, 3.05) is 0 Å². The number of halogens is 2. The molecule has 1 aromatic rings. The number of hydrogen-bond acceptors (Lipinski definition) is 1. The van der Waals surface area contributed by atoms with Crippen molar-refractivity contribution in [3.8, 4) is 0 Å². The Bertz CT molecular complexity index is 341. The minimum atomic E-state index is -0.255. The van der Waals surface area contributed by atoms with Gasteiger partial charge in [-0.1, -0.05) is 31.9 Å². The molecule has 0 aliphatic heterocycles. The molecule has 0 fully saturated rings. The fourth-order valence-electron chi connectivity index (χ4n) is 1.82. The van der Waals surface area contributed by atoms with Crippen LogP contribution in [0.5, 0.6) is 0 Å². The number of nitrogens with two attached hydrogens (primary N) is 1. The maximum absolute atomic E-state index is 13.0. The van der Waals surface area contributed by atoms with Crippen LogP contribution in [0, 0.1) is 11.7 Å². The Labute approximate surface area is 102 Å². The average Bonchev–Trinajstić information content (AvgIpc) is 2.23. The van der Waals surface area contributed by atoms with Crippen LogP contribution in [0.4, 0.5) is 4.39 Å². The van der Waals surface area contributed by atoms with Crippen LogP contribution in [0.25, 0.3) is 0 Å². The van der Waals surface area contributed by atoms with E-state index in [1.54, 1.807) is 6.07 Å². The summed E-state index contributed by atoms with van der Waals surface area (Å²) < 4.78 is 13.0. The summed E-state index contributed by atoms with van der Waals surface area (Å²) in [5.74, 6) is 0.180. The molecule has 0 aromatic heterocycles. The molecule has 16 heavy (non-hydrogen) atoms. The molecule has 1 rings (SSSR count). The molecule has 0 amide bonds. The molecule has 1 aromatic carbocycles. The van der Waals surface area contributed by atoms with Gasteiger partial charge in [0.15, 0.2) is 0 Å². The largest absolute Gasteiger partial charge is 0.327 e. The Hall–Kier alpha value is -0.600. The van der Waals surface area contributed by atoms with Crippen molar-refractivity contribution in [1.29, 1.82) is 0 Å². The van der Waals surface area contributed by atoms with E-state index in [0.717, 1.165) is 18.4 Å². The van der Waals surface area contributed by atoms with Crippen LogP contribution in [0.2, 0.25) is 5.02 Å². The number of rotatable bonds is 5. The van der Waals surface area contributed by atoms with Gasteiger partial charge in [0.05, 0.1) is 0 Å². The summed E-state index contributed by atoms with van der Waals surface area (Å²) in [4.78, 5) is 0. The van der Waals surface area contributed by atoms with E-state index in [0.29, 0.717) is 17.4 Å². The molecule has 0 saturated carbocycles. The Morgan fingerprint density at radius 1 is 1.44 bits per heavy atom. The average molecular weight is 244 g/mol. The van der Waals surface area contributed by atoms with Crippen molar-refractivity contribution >= 4 is 11.6 Å². The highest BCUT2D eigenvalue weighted by molar-refractivity contribution is 6.31. The normalized spacial score (nSPS) is 14.8. The molecule has 0 aliphatic rings. The second-order valence-electron chi connectivity index (χ2n) is 4.37. The standard InChI is InChI=1S/C13H19ClFN/c1-3-4-9(2)13(16)8-10-7-11(15)5-6-12(10)14/h5-7,9,13H,3-4,8,16H2,1-2H3. The zero-order valence-electron chi connectivity index (χ0n) is 9.84. The van der Waals surface area contributed by atoms with E-state index < -0.39 is 0 Å². The van der Waals surface area contributed by atoms with E-state index in [-0.39, 0.29) is 11.9 Å². The minimum Gasteiger partial charge on any atom is -0.327 e. The van der Waals surface area contributed by atoms with Gasteiger partial charge < -0.3 is 5.73 Å². The van der Waals surface area contributed by atoms with Crippen molar-refractivity contribution in [2.45, 2.75) is 39.2 Å². The fraction of sp³-hybridized carbons (Fsp3) is 0.538. The van der Waals surface area contributed by atoms with Crippen LogP contribution in [-0.2, 0) is 6.42 Å². The topological polar surface area (TPSA) is 26.0 Å². The Morgan fingerprint density at radius 2 is 2.12 bits per heavy atom. The Morgan fingerprint density at radius 3 is 2.75 bits per heavy atom. The van der Waals surface area contributed by atoms with Crippen molar-refractivity contribution in [1.82, 2.24) is 0 Å². The summed E-state index contributed by atoms with van der Waals surface area (Å²) in [6.45, 7) is 4.26. The Balaban J connectivity index is 2.68. The predicted molar refractivity (Wildman–Crippen MR) is 67.2 cm³/mol. The van der Waals surface area contributed by atoms with Crippen LogP contribution >= 0.6 is 11.6 Å². The monoisotopic (exact) mass is 243 g/mol. The van der Waals surface area contributed by atoms with E-state index in [1.807, 2.05) is 0 Å². The lowest BCUT2D eigenvalue weighted by Gasteiger charge is -2.19. The maximum Gasteiger partial charge on any atom is 0.123 e. The molecule has 2 atom stereocenters. The predicted octanol–water partition coefficient (Wildman–Crippen LogP) is 3.79. The lowest BCUT2D eigenvalue weighted by molar-refractivity contribution is 0.419. The molecule has 2 N–H and O–H groups in total. The number of hydrogen-bond donors (Lipinski definition) is 1. The number of benzene rings is 1. The van der Waals surface area contributed by atoms with Crippen LogP contribution in [0.15, 0.2) is 18.2 Å². The van der Waals surface area contributed by atoms with Gasteiger partial charge in [0.1, 0.15) is 5.82 Å². The lowest BCUT2D eigenvalue weighted by Crippen LogP contribution is -2.30. The first-order valence-electron chi connectivity index (χ1n) is 5.74. The first-order valence-corrected chi connectivity index (χ1v) is 6.12.